The van der Waals surface area contributed by atoms with Crippen molar-refractivity contribution in [2.24, 2.45) is 0 Å². The van der Waals surface area contributed by atoms with Crippen LogP contribution in [0.15, 0.2) is 41.0 Å². The van der Waals surface area contributed by atoms with Crippen molar-refractivity contribution in [1.82, 2.24) is 5.32 Å². The molecule has 0 fully saturated rings. The summed E-state index contributed by atoms with van der Waals surface area (Å²) in [7, 11) is 0. The minimum Gasteiger partial charge on any atom is -0.481 e. The van der Waals surface area contributed by atoms with Crippen molar-refractivity contribution in [1.29, 1.82) is 0 Å². The number of benzene rings is 1. The molecule has 0 aliphatic carbocycles. The number of carbonyl (C=O) groups excluding carboxylic acids is 1. The first-order chi connectivity index (χ1) is 12.0. The van der Waals surface area contributed by atoms with Gasteiger partial charge < -0.3 is 14.8 Å². The molecule has 1 amide bonds. The van der Waals surface area contributed by atoms with E-state index in [0.717, 1.165) is 25.7 Å². The lowest BCUT2D eigenvalue weighted by molar-refractivity contribution is -0.136. The third-order valence-corrected chi connectivity index (χ3v) is 4.19. The number of carboxylic acids is 1. The van der Waals surface area contributed by atoms with E-state index in [9.17, 15) is 9.59 Å². The van der Waals surface area contributed by atoms with Crippen LogP contribution in [0.4, 0.5) is 0 Å². The van der Waals surface area contributed by atoms with Gasteiger partial charge in [-0.15, -0.1) is 0 Å². The van der Waals surface area contributed by atoms with Gasteiger partial charge in [0.05, 0.1) is 11.8 Å². The lowest BCUT2D eigenvalue weighted by Crippen LogP contribution is -2.35. The normalized spacial score (nSPS) is 11.9. The first kappa shape index (κ1) is 18.8. The topological polar surface area (TPSA) is 79.5 Å². The Labute approximate surface area is 148 Å². The molecule has 134 valence electrons. The van der Waals surface area contributed by atoms with Crippen molar-refractivity contribution < 1.29 is 19.1 Å². The molecule has 1 heterocycles. The Hall–Kier alpha value is -2.56. The molecule has 0 bridgehead atoms. The van der Waals surface area contributed by atoms with Crippen molar-refractivity contribution in [3.05, 3.63) is 59.0 Å². The van der Waals surface area contributed by atoms with E-state index in [-0.39, 0.29) is 24.1 Å². The minimum atomic E-state index is -1.02. The van der Waals surface area contributed by atoms with Crippen molar-refractivity contribution >= 4 is 11.9 Å². The number of aryl methyl sites for hydroxylation is 2. The van der Waals surface area contributed by atoms with Crippen LogP contribution in [0.1, 0.15) is 53.4 Å². The lowest BCUT2D eigenvalue weighted by Gasteiger charge is -2.18. The molecular weight excluding hydrogens is 318 g/mol. The lowest BCUT2D eigenvalue weighted by atomic mass is 10.0. The van der Waals surface area contributed by atoms with E-state index in [0.29, 0.717) is 11.1 Å². The molecule has 5 heteroatoms. The Morgan fingerprint density at radius 3 is 2.56 bits per heavy atom. The Kier molecular flexibility index (Phi) is 6.81. The summed E-state index contributed by atoms with van der Waals surface area (Å²) in [6, 6.07) is 10.2. The van der Waals surface area contributed by atoms with E-state index >= 15 is 0 Å². The summed E-state index contributed by atoms with van der Waals surface area (Å²) in [5.41, 5.74) is 2.25. The van der Waals surface area contributed by atoms with Gasteiger partial charge in [-0.3, -0.25) is 9.59 Å². The van der Waals surface area contributed by atoms with Gasteiger partial charge in [-0.25, -0.2) is 0 Å². The van der Waals surface area contributed by atoms with Gasteiger partial charge in [0.2, 0.25) is 0 Å². The van der Waals surface area contributed by atoms with Gasteiger partial charge in [-0.05, 0) is 31.7 Å². The maximum Gasteiger partial charge on any atom is 0.311 e. The number of hydrogen-bond acceptors (Lipinski definition) is 3. The number of rotatable bonds is 9. The van der Waals surface area contributed by atoms with Gasteiger partial charge in [-0.1, -0.05) is 43.7 Å². The molecule has 0 spiro atoms. The molecule has 0 aliphatic heterocycles. The molecule has 2 rings (SSSR count). The minimum absolute atomic E-state index is 0.0460. The Bertz CT molecular complexity index is 706. The van der Waals surface area contributed by atoms with Gasteiger partial charge in [0.25, 0.3) is 5.91 Å². The summed E-state index contributed by atoms with van der Waals surface area (Å²) < 4.78 is 5.26. The highest BCUT2D eigenvalue weighted by atomic mass is 16.4. The average molecular weight is 343 g/mol. The monoisotopic (exact) mass is 343 g/mol. The van der Waals surface area contributed by atoms with Crippen LogP contribution in [0.2, 0.25) is 0 Å². The summed E-state index contributed by atoms with van der Waals surface area (Å²) >= 11 is 0. The quantitative estimate of drug-likeness (QED) is 0.727. The Morgan fingerprint density at radius 2 is 1.92 bits per heavy atom. The predicted octanol–water partition coefficient (Wildman–Crippen LogP) is 3.75. The molecule has 1 unspecified atom stereocenters. The molecule has 0 aliphatic rings. The zero-order valence-corrected chi connectivity index (χ0v) is 14.7. The zero-order valence-electron chi connectivity index (χ0n) is 14.7. The summed E-state index contributed by atoms with van der Waals surface area (Å²) in [5, 5.41) is 12.0. The van der Waals surface area contributed by atoms with E-state index in [1.807, 2.05) is 18.2 Å². The van der Waals surface area contributed by atoms with Gasteiger partial charge in [0, 0.05) is 11.6 Å². The van der Waals surface area contributed by atoms with E-state index in [1.165, 1.54) is 11.8 Å². The number of aliphatic carboxylic acids is 1. The smallest absolute Gasteiger partial charge is 0.311 e. The summed E-state index contributed by atoms with van der Waals surface area (Å²) in [6.07, 6.45) is 4.72. The first-order valence-corrected chi connectivity index (χ1v) is 8.64. The fourth-order valence-corrected chi connectivity index (χ4v) is 2.95. The number of carbonyl (C=O) groups is 2. The standard InChI is InChI=1S/C20H25NO4/c1-3-7-16(11-10-15-8-5-4-6-9-15)21-20(24)19-14(2)13-25-17(19)12-18(22)23/h4-6,8-9,13,16H,3,7,10-12H2,1-2H3,(H,21,24)(H,22,23). The van der Waals surface area contributed by atoms with Crippen LogP contribution in [-0.2, 0) is 17.6 Å². The second kappa shape index (κ2) is 9.06. The number of furan rings is 1. The van der Waals surface area contributed by atoms with Crippen LogP contribution >= 0.6 is 0 Å². The van der Waals surface area contributed by atoms with Crippen molar-refractivity contribution in [2.45, 2.75) is 52.0 Å². The molecule has 1 atom stereocenters. The molecule has 0 radical (unpaired) electrons. The third-order valence-electron chi connectivity index (χ3n) is 4.19. The Balaban J connectivity index is 2.04. The Morgan fingerprint density at radius 1 is 1.20 bits per heavy atom. The number of nitrogens with one attached hydrogen (secondary N) is 1. The SMILES string of the molecule is CCCC(CCc1ccccc1)NC(=O)c1c(C)coc1CC(=O)O. The van der Waals surface area contributed by atoms with E-state index in [4.69, 9.17) is 9.52 Å². The van der Waals surface area contributed by atoms with Crippen LogP contribution in [0.5, 0.6) is 0 Å². The summed E-state index contributed by atoms with van der Waals surface area (Å²) in [6.45, 7) is 3.84. The van der Waals surface area contributed by atoms with Crippen LogP contribution in [0.3, 0.4) is 0 Å². The highest BCUT2D eigenvalue weighted by Crippen LogP contribution is 2.18. The van der Waals surface area contributed by atoms with Crippen molar-refractivity contribution in [3.63, 3.8) is 0 Å². The molecule has 25 heavy (non-hydrogen) atoms. The largest absolute Gasteiger partial charge is 0.481 e. The predicted molar refractivity (Wildman–Crippen MR) is 95.7 cm³/mol. The van der Waals surface area contributed by atoms with Gasteiger partial charge in [-0.2, -0.15) is 0 Å². The van der Waals surface area contributed by atoms with E-state index in [1.54, 1.807) is 6.92 Å². The maximum absolute atomic E-state index is 12.7. The van der Waals surface area contributed by atoms with Gasteiger partial charge in [0.15, 0.2) is 0 Å². The highest BCUT2D eigenvalue weighted by molar-refractivity contribution is 5.97. The molecule has 0 saturated heterocycles. The average Bonchev–Trinajstić information content (AvgIpc) is 2.93. The highest BCUT2D eigenvalue weighted by Gasteiger charge is 2.22. The van der Waals surface area contributed by atoms with Crippen LogP contribution in [0, 0.1) is 6.92 Å². The summed E-state index contributed by atoms with van der Waals surface area (Å²) in [5.74, 6) is -1.06. The zero-order chi connectivity index (χ0) is 18.2. The van der Waals surface area contributed by atoms with Crippen molar-refractivity contribution in [3.8, 4) is 0 Å². The number of hydrogen-bond donors (Lipinski definition) is 2. The molecule has 1 aromatic carbocycles. The fraction of sp³-hybridized carbons (Fsp3) is 0.400. The fourth-order valence-electron chi connectivity index (χ4n) is 2.95. The second-order valence-electron chi connectivity index (χ2n) is 6.27. The van der Waals surface area contributed by atoms with Crippen LogP contribution < -0.4 is 5.32 Å². The molecule has 2 aromatic rings. The molecule has 5 nitrogen and oxygen atoms in total. The number of carboxylic acid groups (broad SMARTS) is 1. The second-order valence-corrected chi connectivity index (χ2v) is 6.27. The maximum atomic E-state index is 12.7. The number of amides is 1. The van der Waals surface area contributed by atoms with Gasteiger partial charge in [0.1, 0.15) is 12.2 Å². The summed E-state index contributed by atoms with van der Waals surface area (Å²) in [4.78, 5) is 23.6. The van der Waals surface area contributed by atoms with Crippen molar-refractivity contribution in [2.75, 3.05) is 0 Å². The molecule has 0 saturated carbocycles. The van der Waals surface area contributed by atoms with E-state index in [2.05, 4.69) is 24.4 Å². The van der Waals surface area contributed by atoms with E-state index < -0.39 is 5.97 Å². The van der Waals surface area contributed by atoms with Gasteiger partial charge >= 0.3 is 5.97 Å². The van der Waals surface area contributed by atoms with Crippen LogP contribution in [0.25, 0.3) is 0 Å². The molecule has 1 aromatic heterocycles. The van der Waals surface area contributed by atoms with Crippen LogP contribution in [-0.4, -0.2) is 23.0 Å². The molecule has 2 N–H and O–H groups in total. The first-order valence-electron chi connectivity index (χ1n) is 8.64. The molecular formula is C20H25NO4. The third kappa shape index (κ3) is 5.48.